The van der Waals surface area contributed by atoms with Crippen LogP contribution in [-0.2, 0) is 0 Å². The summed E-state index contributed by atoms with van der Waals surface area (Å²) in [6.07, 6.45) is 4.59. The van der Waals surface area contributed by atoms with Gasteiger partial charge in [-0.3, -0.25) is 0 Å². The number of piperidine rings is 1. The second-order valence-corrected chi connectivity index (χ2v) is 5.64. The van der Waals surface area contributed by atoms with Crippen LogP contribution in [0.5, 0.6) is 5.75 Å². The molecule has 0 radical (unpaired) electrons. The zero-order valence-corrected chi connectivity index (χ0v) is 11.8. The molecule has 1 aromatic carbocycles. The van der Waals surface area contributed by atoms with E-state index in [2.05, 4.69) is 4.90 Å². The lowest BCUT2D eigenvalue weighted by molar-refractivity contribution is 0.109. The van der Waals surface area contributed by atoms with E-state index in [0.29, 0.717) is 11.8 Å². The van der Waals surface area contributed by atoms with Gasteiger partial charge in [-0.1, -0.05) is 18.2 Å². The first kappa shape index (κ1) is 13.4. The molecular weight excluding hydrogens is 252 g/mol. The fraction of sp³-hybridized carbons (Fsp3) is 0.562. The molecule has 4 heteroatoms. The van der Waals surface area contributed by atoms with Crippen LogP contribution < -0.4 is 4.74 Å². The predicted molar refractivity (Wildman–Crippen MR) is 77.9 cm³/mol. The van der Waals surface area contributed by atoms with E-state index in [9.17, 15) is 4.79 Å². The van der Waals surface area contributed by atoms with E-state index < -0.39 is 0 Å². The number of likely N-dealkylation sites (tertiary alicyclic amines) is 2. The Hall–Kier alpha value is -1.55. The summed E-state index contributed by atoms with van der Waals surface area (Å²) in [6, 6.07) is 9.96. The van der Waals surface area contributed by atoms with Crippen LogP contribution in [-0.4, -0.2) is 48.1 Å². The molecular formula is C16H22N2O2. The molecule has 2 aliphatic heterocycles. The van der Waals surface area contributed by atoms with E-state index in [0.717, 1.165) is 25.9 Å². The quantitative estimate of drug-likeness (QED) is 0.831. The molecule has 0 unspecified atom stereocenters. The SMILES string of the molecule is O=C(Oc1ccccc1)N1CCC(N2CCCC2)CC1. The number of benzene rings is 1. The first-order valence-corrected chi connectivity index (χ1v) is 7.59. The van der Waals surface area contributed by atoms with Crippen molar-refractivity contribution < 1.29 is 9.53 Å². The molecule has 4 nitrogen and oxygen atoms in total. The van der Waals surface area contributed by atoms with Gasteiger partial charge in [0.1, 0.15) is 5.75 Å². The molecule has 20 heavy (non-hydrogen) atoms. The van der Waals surface area contributed by atoms with Crippen molar-refractivity contribution in [1.82, 2.24) is 9.80 Å². The molecule has 0 spiro atoms. The Morgan fingerprint density at radius 3 is 2.30 bits per heavy atom. The summed E-state index contributed by atoms with van der Waals surface area (Å²) >= 11 is 0. The highest BCUT2D eigenvalue weighted by molar-refractivity contribution is 5.70. The Morgan fingerprint density at radius 1 is 1.00 bits per heavy atom. The second kappa shape index (κ2) is 6.27. The number of hydrogen-bond donors (Lipinski definition) is 0. The number of amides is 1. The van der Waals surface area contributed by atoms with E-state index in [4.69, 9.17) is 4.74 Å². The van der Waals surface area contributed by atoms with Crippen LogP contribution in [0.3, 0.4) is 0 Å². The third kappa shape index (κ3) is 3.12. The average molecular weight is 274 g/mol. The monoisotopic (exact) mass is 274 g/mol. The van der Waals surface area contributed by atoms with E-state index >= 15 is 0 Å². The molecule has 2 aliphatic rings. The average Bonchev–Trinajstić information content (AvgIpc) is 3.03. The van der Waals surface area contributed by atoms with Crippen molar-refractivity contribution in [3.05, 3.63) is 30.3 Å². The standard InChI is InChI=1S/C16H22N2O2/c19-16(20-15-6-2-1-3-7-15)18-12-8-14(9-13-18)17-10-4-5-11-17/h1-3,6-7,14H,4-5,8-13H2. The highest BCUT2D eigenvalue weighted by atomic mass is 16.6. The lowest BCUT2D eigenvalue weighted by Crippen LogP contribution is -2.46. The van der Waals surface area contributed by atoms with Gasteiger partial charge in [-0.2, -0.15) is 0 Å². The molecule has 2 fully saturated rings. The fourth-order valence-corrected chi connectivity index (χ4v) is 3.17. The Morgan fingerprint density at radius 2 is 1.65 bits per heavy atom. The number of rotatable bonds is 2. The Bertz CT molecular complexity index is 435. The minimum Gasteiger partial charge on any atom is -0.410 e. The normalized spacial score (nSPS) is 21.1. The maximum atomic E-state index is 12.1. The van der Waals surface area contributed by atoms with Crippen molar-refractivity contribution in [3.8, 4) is 5.75 Å². The summed E-state index contributed by atoms with van der Waals surface area (Å²) in [5, 5.41) is 0. The highest BCUT2D eigenvalue weighted by Gasteiger charge is 2.28. The van der Waals surface area contributed by atoms with Gasteiger partial charge >= 0.3 is 6.09 Å². The van der Waals surface area contributed by atoms with Crippen molar-refractivity contribution >= 4 is 6.09 Å². The summed E-state index contributed by atoms with van der Waals surface area (Å²) in [4.78, 5) is 16.5. The first-order chi connectivity index (χ1) is 9.83. The van der Waals surface area contributed by atoms with E-state index in [1.54, 1.807) is 0 Å². The largest absolute Gasteiger partial charge is 0.415 e. The smallest absolute Gasteiger partial charge is 0.410 e. The van der Waals surface area contributed by atoms with Gasteiger partial charge in [-0.05, 0) is 50.9 Å². The molecule has 0 aliphatic carbocycles. The van der Waals surface area contributed by atoms with Crippen molar-refractivity contribution in [3.63, 3.8) is 0 Å². The van der Waals surface area contributed by atoms with Crippen LogP contribution >= 0.6 is 0 Å². The number of nitrogens with zero attached hydrogens (tertiary/aromatic N) is 2. The summed E-state index contributed by atoms with van der Waals surface area (Å²) < 4.78 is 5.39. The molecule has 2 saturated heterocycles. The maximum Gasteiger partial charge on any atom is 0.415 e. The predicted octanol–water partition coefficient (Wildman–Crippen LogP) is 2.75. The number of ether oxygens (including phenoxy) is 1. The zero-order chi connectivity index (χ0) is 13.8. The second-order valence-electron chi connectivity index (χ2n) is 5.64. The van der Waals surface area contributed by atoms with Gasteiger partial charge in [0.15, 0.2) is 0 Å². The van der Waals surface area contributed by atoms with Crippen molar-refractivity contribution in [2.24, 2.45) is 0 Å². The molecule has 0 atom stereocenters. The molecule has 0 saturated carbocycles. The molecule has 108 valence electrons. The first-order valence-electron chi connectivity index (χ1n) is 7.59. The summed E-state index contributed by atoms with van der Waals surface area (Å²) in [5.41, 5.74) is 0. The number of carbonyl (C=O) groups excluding carboxylic acids is 1. The van der Waals surface area contributed by atoms with Gasteiger partial charge in [0, 0.05) is 19.1 Å². The molecule has 3 rings (SSSR count). The Balaban J connectivity index is 1.49. The van der Waals surface area contributed by atoms with Gasteiger partial charge in [-0.25, -0.2) is 4.79 Å². The van der Waals surface area contributed by atoms with E-state index in [1.165, 1.54) is 25.9 Å². The molecule has 0 bridgehead atoms. The van der Waals surface area contributed by atoms with Gasteiger partial charge in [0.05, 0.1) is 0 Å². The molecule has 1 amide bonds. The van der Waals surface area contributed by atoms with E-state index in [-0.39, 0.29) is 6.09 Å². The lowest BCUT2D eigenvalue weighted by Gasteiger charge is -2.36. The number of hydrogen-bond acceptors (Lipinski definition) is 3. The van der Waals surface area contributed by atoms with Gasteiger partial charge in [0.2, 0.25) is 0 Å². The van der Waals surface area contributed by atoms with E-state index in [1.807, 2.05) is 35.2 Å². The maximum absolute atomic E-state index is 12.1. The van der Waals surface area contributed by atoms with Crippen molar-refractivity contribution in [2.45, 2.75) is 31.7 Å². The summed E-state index contributed by atoms with van der Waals surface area (Å²) in [6.45, 7) is 4.10. The van der Waals surface area contributed by atoms with Crippen LogP contribution in [0.25, 0.3) is 0 Å². The molecule has 0 aromatic heterocycles. The fourth-order valence-electron chi connectivity index (χ4n) is 3.17. The van der Waals surface area contributed by atoms with Crippen LogP contribution in [0, 0.1) is 0 Å². The van der Waals surface area contributed by atoms with Crippen LogP contribution in [0.2, 0.25) is 0 Å². The minimum atomic E-state index is -0.212. The van der Waals surface area contributed by atoms with Gasteiger partial charge in [-0.15, -0.1) is 0 Å². The van der Waals surface area contributed by atoms with Crippen LogP contribution in [0.15, 0.2) is 30.3 Å². The lowest BCUT2D eigenvalue weighted by atomic mass is 10.0. The number of carbonyl (C=O) groups is 1. The zero-order valence-electron chi connectivity index (χ0n) is 11.8. The topological polar surface area (TPSA) is 32.8 Å². The third-order valence-corrected chi connectivity index (χ3v) is 4.33. The molecule has 0 N–H and O–H groups in total. The van der Waals surface area contributed by atoms with Crippen LogP contribution in [0.1, 0.15) is 25.7 Å². The van der Waals surface area contributed by atoms with Crippen molar-refractivity contribution in [1.29, 1.82) is 0 Å². The van der Waals surface area contributed by atoms with Crippen molar-refractivity contribution in [2.75, 3.05) is 26.2 Å². The third-order valence-electron chi connectivity index (χ3n) is 4.33. The summed E-state index contributed by atoms with van der Waals surface area (Å²) in [7, 11) is 0. The highest BCUT2D eigenvalue weighted by Crippen LogP contribution is 2.21. The summed E-state index contributed by atoms with van der Waals surface area (Å²) in [5.74, 6) is 0.624. The molecule has 2 heterocycles. The van der Waals surface area contributed by atoms with Gasteiger partial charge < -0.3 is 14.5 Å². The Labute approximate surface area is 120 Å². The van der Waals surface area contributed by atoms with Gasteiger partial charge in [0.25, 0.3) is 0 Å². The number of para-hydroxylation sites is 1. The molecule has 1 aromatic rings. The Kier molecular flexibility index (Phi) is 4.21. The minimum absolute atomic E-state index is 0.212. The van der Waals surface area contributed by atoms with Crippen LogP contribution in [0.4, 0.5) is 4.79 Å².